The third kappa shape index (κ3) is 2.98. The maximum atomic E-state index is 11.0. The van der Waals surface area contributed by atoms with Crippen molar-refractivity contribution in [3.05, 3.63) is 35.4 Å². The number of phenolic OH excluding ortho intramolecular Hbond substituents is 1. The van der Waals surface area contributed by atoms with Gasteiger partial charge in [0.2, 0.25) is 0 Å². The molecule has 2 nitrogen and oxygen atoms in total. The van der Waals surface area contributed by atoms with Crippen molar-refractivity contribution in [1.82, 2.24) is 0 Å². The molecule has 0 spiro atoms. The molecule has 1 saturated carbocycles. The van der Waals surface area contributed by atoms with Crippen LogP contribution in [0.5, 0.6) is 11.5 Å². The number of aromatic hydroxyl groups is 1. The van der Waals surface area contributed by atoms with E-state index in [1.807, 2.05) is 6.07 Å². The van der Waals surface area contributed by atoms with Gasteiger partial charge in [-0.2, -0.15) is 0 Å². The van der Waals surface area contributed by atoms with Crippen LogP contribution >= 0.6 is 0 Å². The molecule has 0 amide bonds. The molecule has 0 radical (unpaired) electrons. The number of aryl methyl sites for hydroxylation is 1. The van der Waals surface area contributed by atoms with Crippen molar-refractivity contribution in [2.24, 2.45) is 5.92 Å². The van der Waals surface area contributed by atoms with Crippen molar-refractivity contribution < 1.29 is 9.84 Å². The molecule has 0 unspecified atom stereocenters. The molecule has 2 aliphatic rings. The predicted octanol–water partition coefficient (Wildman–Crippen LogP) is 6.30. The van der Waals surface area contributed by atoms with Gasteiger partial charge in [0.05, 0.1) is 0 Å². The molecule has 1 aliphatic heterocycles. The molecular formula is C23H34O2. The number of ether oxygens (including phenoxy) is 1. The summed E-state index contributed by atoms with van der Waals surface area (Å²) in [6.07, 6.45) is 9.22. The Morgan fingerprint density at radius 3 is 2.72 bits per heavy atom. The molecule has 1 N–H and O–H groups in total. The van der Waals surface area contributed by atoms with Gasteiger partial charge in [-0.1, -0.05) is 44.8 Å². The molecular weight excluding hydrogens is 308 g/mol. The maximum Gasteiger partial charge on any atom is 0.128 e. The highest BCUT2D eigenvalue weighted by atomic mass is 16.5. The summed E-state index contributed by atoms with van der Waals surface area (Å²) < 4.78 is 6.49. The Bertz CT molecular complexity index is 658. The van der Waals surface area contributed by atoms with E-state index in [4.69, 9.17) is 4.74 Å². The van der Waals surface area contributed by atoms with Gasteiger partial charge in [-0.3, -0.25) is 0 Å². The first-order valence-corrected chi connectivity index (χ1v) is 10.0. The van der Waals surface area contributed by atoms with Crippen LogP contribution in [-0.4, -0.2) is 10.7 Å². The van der Waals surface area contributed by atoms with Crippen LogP contribution in [0.4, 0.5) is 0 Å². The number of phenols is 1. The van der Waals surface area contributed by atoms with E-state index in [1.54, 1.807) is 0 Å². The number of benzene rings is 1. The fourth-order valence-electron chi connectivity index (χ4n) is 5.40. The summed E-state index contributed by atoms with van der Waals surface area (Å²) >= 11 is 0. The summed E-state index contributed by atoms with van der Waals surface area (Å²) in [4.78, 5) is 0. The van der Waals surface area contributed by atoms with Gasteiger partial charge in [-0.15, -0.1) is 0 Å². The minimum atomic E-state index is -0.235. The molecule has 0 saturated heterocycles. The van der Waals surface area contributed by atoms with E-state index in [-0.39, 0.29) is 11.0 Å². The molecule has 2 atom stereocenters. The zero-order chi connectivity index (χ0) is 18.2. The Labute approximate surface area is 153 Å². The Morgan fingerprint density at radius 2 is 2.04 bits per heavy atom. The number of rotatable bonds is 5. The smallest absolute Gasteiger partial charge is 0.128 e. The molecule has 3 rings (SSSR count). The molecule has 1 heterocycles. The number of fused-ring (bicyclic) bond motifs is 3. The quantitative estimate of drug-likeness (QED) is 0.502. The van der Waals surface area contributed by atoms with Gasteiger partial charge in [-0.05, 0) is 64.2 Å². The van der Waals surface area contributed by atoms with Gasteiger partial charge in [0.25, 0.3) is 0 Å². The highest BCUT2D eigenvalue weighted by Gasteiger charge is 2.56. The highest BCUT2D eigenvalue weighted by molar-refractivity contribution is 5.58. The van der Waals surface area contributed by atoms with Gasteiger partial charge in [0, 0.05) is 16.9 Å². The van der Waals surface area contributed by atoms with Crippen LogP contribution in [0.1, 0.15) is 83.8 Å². The average Bonchev–Trinajstić information content (AvgIpc) is 2.54. The van der Waals surface area contributed by atoms with Crippen LogP contribution in [0.2, 0.25) is 0 Å². The van der Waals surface area contributed by atoms with E-state index >= 15 is 0 Å². The molecule has 0 bridgehead atoms. The lowest BCUT2D eigenvalue weighted by molar-refractivity contribution is -0.0339. The van der Waals surface area contributed by atoms with Crippen molar-refractivity contribution >= 4 is 0 Å². The second kappa shape index (κ2) is 6.70. The van der Waals surface area contributed by atoms with Gasteiger partial charge in [-0.25, -0.2) is 0 Å². The Morgan fingerprint density at radius 1 is 1.28 bits per heavy atom. The summed E-state index contributed by atoms with van der Waals surface area (Å²) in [5.41, 5.74) is 2.97. The first kappa shape index (κ1) is 18.4. The zero-order valence-corrected chi connectivity index (χ0v) is 16.5. The summed E-state index contributed by atoms with van der Waals surface area (Å²) in [5.74, 6) is 1.67. The van der Waals surface area contributed by atoms with Crippen molar-refractivity contribution in [1.29, 1.82) is 0 Å². The molecule has 1 aromatic carbocycles. The lowest BCUT2D eigenvalue weighted by Gasteiger charge is -2.55. The number of hydrogen-bond acceptors (Lipinski definition) is 2. The van der Waals surface area contributed by atoms with Crippen LogP contribution in [0, 0.1) is 5.92 Å². The SMILES string of the molecule is C=C(C)[C@@]12CCCC[C@H]1C(C)(C)Oc1cc(CCCCC)cc(O)c12. The topological polar surface area (TPSA) is 29.5 Å². The van der Waals surface area contributed by atoms with E-state index in [9.17, 15) is 5.11 Å². The molecule has 25 heavy (non-hydrogen) atoms. The summed E-state index contributed by atoms with van der Waals surface area (Å²) in [6.45, 7) is 13.2. The molecule has 0 aromatic heterocycles. The molecule has 1 aliphatic carbocycles. The fraction of sp³-hybridized carbons (Fsp3) is 0.652. The van der Waals surface area contributed by atoms with Crippen LogP contribution in [0.25, 0.3) is 0 Å². The second-order valence-corrected chi connectivity index (χ2v) is 8.70. The van der Waals surface area contributed by atoms with Crippen molar-refractivity contribution in [3.8, 4) is 11.5 Å². The van der Waals surface area contributed by atoms with Gasteiger partial charge >= 0.3 is 0 Å². The van der Waals surface area contributed by atoms with E-state index in [0.717, 1.165) is 37.0 Å². The monoisotopic (exact) mass is 342 g/mol. The third-order valence-corrected chi connectivity index (χ3v) is 6.54. The van der Waals surface area contributed by atoms with Crippen molar-refractivity contribution in [3.63, 3.8) is 0 Å². The first-order chi connectivity index (χ1) is 11.8. The fourth-order valence-corrected chi connectivity index (χ4v) is 5.40. The van der Waals surface area contributed by atoms with E-state index < -0.39 is 0 Å². The lowest BCUT2D eigenvalue weighted by atomic mass is 9.53. The van der Waals surface area contributed by atoms with Crippen molar-refractivity contribution in [2.45, 2.75) is 90.1 Å². The Kier molecular flexibility index (Phi) is 4.92. The minimum Gasteiger partial charge on any atom is -0.507 e. The van der Waals surface area contributed by atoms with Crippen LogP contribution < -0.4 is 4.74 Å². The number of hydrogen-bond donors (Lipinski definition) is 1. The van der Waals surface area contributed by atoms with Gasteiger partial charge in [0.1, 0.15) is 17.1 Å². The molecule has 2 heteroatoms. The number of allylic oxidation sites excluding steroid dienone is 1. The summed E-state index contributed by atoms with van der Waals surface area (Å²) in [5, 5.41) is 11.0. The third-order valence-electron chi connectivity index (χ3n) is 6.54. The van der Waals surface area contributed by atoms with E-state index in [0.29, 0.717) is 11.7 Å². The minimum absolute atomic E-state index is 0.151. The van der Waals surface area contributed by atoms with Crippen LogP contribution in [-0.2, 0) is 11.8 Å². The average molecular weight is 343 g/mol. The van der Waals surface area contributed by atoms with E-state index in [1.165, 1.54) is 36.8 Å². The van der Waals surface area contributed by atoms with Crippen molar-refractivity contribution in [2.75, 3.05) is 0 Å². The largest absolute Gasteiger partial charge is 0.507 e. The van der Waals surface area contributed by atoms with Gasteiger partial charge in [0.15, 0.2) is 0 Å². The molecule has 1 fully saturated rings. The Balaban J connectivity index is 2.11. The second-order valence-electron chi connectivity index (χ2n) is 8.70. The zero-order valence-electron chi connectivity index (χ0n) is 16.5. The summed E-state index contributed by atoms with van der Waals surface area (Å²) in [7, 11) is 0. The van der Waals surface area contributed by atoms with Crippen LogP contribution in [0.15, 0.2) is 24.3 Å². The molecule has 1 aromatic rings. The van der Waals surface area contributed by atoms with Crippen LogP contribution in [0.3, 0.4) is 0 Å². The lowest BCUT2D eigenvalue weighted by Crippen LogP contribution is -2.55. The highest BCUT2D eigenvalue weighted by Crippen LogP contribution is 2.60. The molecule has 138 valence electrons. The predicted molar refractivity (Wildman–Crippen MR) is 104 cm³/mol. The normalized spacial score (nSPS) is 27.1. The van der Waals surface area contributed by atoms with E-state index in [2.05, 4.69) is 40.3 Å². The summed E-state index contributed by atoms with van der Waals surface area (Å²) in [6, 6.07) is 4.16. The Hall–Kier alpha value is -1.44. The number of unbranched alkanes of at least 4 members (excludes halogenated alkanes) is 2. The standard InChI is InChI=1S/C23H34O2/c1-6-7-8-11-17-14-18(24)21-19(15-17)25-22(4,5)20-12-9-10-13-23(20,21)16(2)3/h14-15,20,24H,2,6-13H2,1,3-5H3/t20-,23-/m0/s1. The van der Waals surface area contributed by atoms with Gasteiger partial charge < -0.3 is 9.84 Å². The first-order valence-electron chi connectivity index (χ1n) is 10.0. The maximum absolute atomic E-state index is 11.0.